The predicted molar refractivity (Wildman–Crippen MR) is 495 cm³/mol. The monoisotopic (exact) mass is 1870 g/mol. The summed E-state index contributed by atoms with van der Waals surface area (Å²) in [6.45, 7) is 6.60. The number of fused-ring (bicyclic) bond motifs is 4. The maximum absolute atomic E-state index is 15.8. The topological polar surface area (TPSA) is 641 Å². The van der Waals surface area contributed by atoms with Gasteiger partial charge in [0.1, 0.15) is 90.3 Å². The van der Waals surface area contributed by atoms with Crippen LogP contribution in [-0.4, -0.2) is 300 Å². The number of hydrogen-bond acceptors (Lipinski definition) is 21. The van der Waals surface area contributed by atoms with Crippen molar-refractivity contribution in [3.8, 4) is 5.75 Å². The van der Waals surface area contributed by atoms with Crippen molar-refractivity contribution < 1.29 is 91.7 Å². The van der Waals surface area contributed by atoms with Crippen LogP contribution in [0.5, 0.6) is 5.75 Å². The maximum Gasteiger partial charge on any atom is 0.246 e. The number of H-pyrrole nitrogens is 3. The third-order valence-corrected chi connectivity index (χ3v) is 24.4. The van der Waals surface area contributed by atoms with Gasteiger partial charge in [-0.05, 0) is 124 Å². The number of nitrogens with two attached hydrogens (primary N) is 3. The molecule has 0 aliphatic carbocycles. The number of carbonyl (C=O) groups excluding carboxylic acids is 17. The Labute approximate surface area is 780 Å². The first-order valence-corrected chi connectivity index (χ1v) is 45.6. The van der Waals surface area contributed by atoms with Gasteiger partial charge in [-0.2, -0.15) is 0 Å². The van der Waals surface area contributed by atoms with Crippen LogP contribution in [0.1, 0.15) is 153 Å². The maximum atomic E-state index is 15.8. The van der Waals surface area contributed by atoms with E-state index >= 15 is 38.4 Å². The number of aliphatic hydroxyl groups is 1. The van der Waals surface area contributed by atoms with Crippen molar-refractivity contribution in [1.29, 1.82) is 5.41 Å². The summed E-state index contributed by atoms with van der Waals surface area (Å²) in [6, 6.07) is -1.58. The number of carbonyl (C=O) groups is 17. The highest BCUT2D eigenvalue weighted by Gasteiger charge is 2.46. The van der Waals surface area contributed by atoms with Crippen molar-refractivity contribution in [1.82, 2.24) is 103 Å². The van der Waals surface area contributed by atoms with Crippen LogP contribution >= 0.6 is 0 Å². The van der Waals surface area contributed by atoms with Gasteiger partial charge in [0.15, 0.2) is 5.96 Å². The second kappa shape index (κ2) is 50.0. The number of hydrogen-bond donors (Lipinski definition) is 20. The summed E-state index contributed by atoms with van der Waals surface area (Å²) < 4.78 is 0. The quantitative estimate of drug-likeness (QED) is 0.0164. The number of nitrogens with one attached hydrogen (secondary N) is 15. The lowest BCUT2D eigenvalue weighted by Gasteiger charge is -2.36. The van der Waals surface area contributed by atoms with Gasteiger partial charge in [-0.25, -0.2) is 4.98 Å². The molecule has 0 saturated carbocycles. The van der Waals surface area contributed by atoms with E-state index < -0.39 is 217 Å². The Morgan fingerprint density at radius 3 is 1.58 bits per heavy atom. The molecule has 0 radical (unpaired) electrons. The summed E-state index contributed by atoms with van der Waals surface area (Å²) in [6.07, 6.45) is 7.62. The Morgan fingerprint density at radius 2 is 1.02 bits per heavy atom. The van der Waals surface area contributed by atoms with Crippen molar-refractivity contribution in [2.24, 2.45) is 23.1 Å². The normalized spacial score (nSPS) is 24.3. The molecule has 135 heavy (non-hydrogen) atoms. The van der Waals surface area contributed by atoms with Crippen LogP contribution in [0.15, 0.2) is 110 Å². The lowest BCUT2D eigenvalue weighted by molar-refractivity contribution is -0.149. The van der Waals surface area contributed by atoms with E-state index in [2.05, 4.69) is 78.4 Å². The minimum absolute atomic E-state index is 0.00177. The van der Waals surface area contributed by atoms with Crippen LogP contribution < -0.4 is 75.7 Å². The Bertz CT molecular complexity index is 5250. The SMILES string of the molecule is CCCC[C@H]1C(=O)N(C)[C@@H](CCCC)C(=O)NC(CCCNC(=N)N)C(=O)N[C@H](C(=O)NCC(N)=O)C/C=C/C(=O)N[C@@H](Cc2ccc(O)cc2)C(=O)N(C)[C@@H](C)C(=O)N[C@@H](CC(N)=O)C(=O)N2CCCC2C(=O)N[C@@H](Cc2cnc[nH]2)C(=O)N[C@@H](CC(C)C)C(=O)N2CCCC2C(=O)N[C@@H](Cc2c[nH]c3ccccc23)C(=O)N[C@@H](CO)C(=O)N[C@@H](Cc2c[nH]c3ccccc23)C(=O)N1C. The molecule has 2 saturated heterocycles. The van der Waals surface area contributed by atoms with Crippen LogP contribution in [0, 0.1) is 11.3 Å². The highest BCUT2D eigenvalue weighted by Crippen LogP contribution is 2.28. The first-order chi connectivity index (χ1) is 64.4. The molecule has 3 aromatic carbocycles. The molecule has 43 nitrogen and oxygen atoms in total. The summed E-state index contributed by atoms with van der Waals surface area (Å²) >= 11 is 0. The van der Waals surface area contributed by atoms with Gasteiger partial charge in [-0.3, -0.25) is 86.9 Å². The smallest absolute Gasteiger partial charge is 0.246 e. The molecule has 3 aliphatic heterocycles. The average molecular weight is 1870 g/mol. The van der Waals surface area contributed by atoms with Crippen LogP contribution in [0.3, 0.4) is 0 Å². The molecule has 0 spiro atoms. The van der Waals surface area contributed by atoms with E-state index in [1.807, 2.05) is 13.8 Å². The van der Waals surface area contributed by atoms with Crippen molar-refractivity contribution in [3.63, 3.8) is 0 Å². The lowest BCUT2D eigenvalue weighted by Crippen LogP contribution is -2.62. The second-order valence-electron chi connectivity index (χ2n) is 34.8. The molecule has 3 unspecified atom stereocenters. The number of imidazole rings is 1. The summed E-state index contributed by atoms with van der Waals surface area (Å²) in [5, 5.41) is 59.8. The average Bonchev–Trinajstić information content (AvgIpc) is 1.75. The van der Waals surface area contributed by atoms with Gasteiger partial charge in [-0.1, -0.05) is 108 Å². The van der Waals surface area contributed by atoms with Crippen LogP contribution in [0.2, 0.25) is 0 Å². The van der Waals surface area contributed by atoms with Gasteiger partial charge in [-0.15, -0.1) is 0 Å². The van der Waals surface area contributed by atoms with Crippen molar-refractivity contribution >= 4 is 128 Å². The Morgan fingerprint density at radius 1 is 0.519 bits per heavy atom. The molecular formula is C92H128N24O19. The first kappa shape index (κ1) is 104. The van der Waals surface area contributed by atoms with Crippen molar-refractivity contribution in [2.45, 2.75) is 241 Å². The minimum atomic E-state index is -1.85. The number of likely N-dealkylation sites (N-methyl/N-ethyl adjacent to an activating group) is 3. The number of benzene rings is 3. The molecule has 6 aromatic rings. The largest absolute Gasteiger partial charge is 0.508 e. The number of rotatable bonds is 26. The number of unbranched alkanes of at least 4 members (excludes halogenated alkanes) is 2. The summed E-state index contributed by atoms with van der Waals surface area (Å²) in [4.78, 5) is 269. The van der Waals surface area contributed by atoms with Crippen LogP contribution in [0.25, 0.3) is 21.8 Å². The van der Waals surface area contributed by atoms with Crippen LogP contribution in [0.4, 0.5) is 0 Å². The van der Waals surface area contributed by atoms with E-state index in [1.54, 1.807) is 74.8 Å². The van der Waals surface area contributed by atoms with E-state index in [1.165, 1.54) is 69.8 Å². The zero-order valence-electron chi connectivity index (χ0n) is 77.3. The van der Waals surface area contributed by atoms with Gasteiger partial charge in [0, 0.05) is 113 Å². The number of guanidine groups is 1. The summed E-state index contributed by atoms with van der Waals surface area (Å²) in [5.74, 6) is -16.6. The lowest BCUT2D eigenvalue weighted by atomic mass is 10.00. The van der Waals surface area contributed by atoms with Crippen molar-refractivity contribution in [3.05, 3.63) is 132 Å². The standard InChI is InChI=1S/C92H128N24O19/c1-9-11-27-71-84(128)105-63(26-18-36-98-92(95)96)80(124)104-62(79(123)101-48-76(94)120)25-17-31-77(121)103-67(40-53-32-34-57(118)35-33-53)87(131)112(6)52(5)78(122)108-69(44-75(93)119)90(134)116-38-20-30-73(116)86(130)107-65(43-56-47-97-50-102-56)82(126)109-66(39-51(3)4)89(133)115-37-19-29-72(115)85(129)106-64(41-54-45-99-60-23-15-13-21-58(54)60)81(125)111-70(49-117)83(127)110-68(42-55-46-100-61-24-16-14-22-59(55)61)88(132)114(8)74(28-12-10-2)91(135)113(71)7/h13-17,21-24,31-35,45-47,50-52,62-74,99-100,117-118H,9-12,18-20,25-30,36-44,48-49H2,1-8H3,(H2,93,119)(H2,94,120)(H,97,102)(H,101,123)(H,103,121)(H,104,124)(H,105,128)(H,106,129)(H,107,130)(H,108,122)(H,109,126)(H,110,127)(H,111,125)(H4,95,96,98)/b31-17+/t52-,62-,63?,64-,65-,66-,67-,68-,69-,70-,71-,72?,73?,74-/m0/s1. The zero-order chi connectivity index (χ0) is 98.4. The molecule has 17 amide bonds. The highest BCUT2D eigenvalue weighted by molar-refractivity contribution is 6.03. The molecule has 2 fully saturated rings. The number of aromatic nitrogens is 4. The van der Waals surface area contributed by atoms with E-state index in [-0.39, 0.29) is 115 Å². The third-order valence-electron chi connectivity index (χ3n) is 24.4. The van der Waals surface area contributed by atoms with E-state index in [0.29, 0.717) is 69.9 Å². The Balaban J connectivity index is 1.11. The molecular weight excluding hydrogens is 1750 g/mol. The zero-order valence-corrected chi connectivity index (χ0v) is 77.3. The number of aromatic amines is 3. The number of aromatic hydroxyl groups is 1. The van der Waals surface area contributed by atoms with Gasteiger partial charge >= 0.3 is 0 Å². The van der Waals surface area contributed by atoms with E-state index in [0.717, 1.165) is 31.8 Å². The van der Waals surface area contributed by atoms with Gasteiger partial charge < -0.3 is 125 Å². The molecule has 6 heterocycles. The fourth-order valence-electron chi connectivity index (χ4n) is 16.9. The van der Waals surface area contributed by atoms with Gasteiger partial charge in [0.05, 0.1) is 25.9 Å². The van der Waals surface area contributed by atoms with E-state index in [9.17, 15) is 53.4 Å². The molecule has 0 bridgehead atoms. The Kier molecular flexibility index (Phi) is 38.7. The number of phenols is 1. The predicted octanol–water partition coefficient (Wildman–Crippen LogP) is -1.69. The number of primary amides is 2. The molecule has 730 valence electrons. The molecule has 14 atom stereocenters. The number of para-hydroxylation sites is 2. The molecule has 3 aromatic heterocycles. The fourth-order valence-corrected chi connectivity index (χ4v) is 16.9. The summed E-state index contributed by atoms with van der Waals surface area (Å²) in [5.41, 5.74) is 19.9. The minimum Gasteiger partial charge on any atom is -0.508 e. The molecule has 23 N–H and O–H groups in total. The van der Waals surface area contributed by atoms with Crippen molar-refractivity contribution in [2.75, 3.05) is 53.9 Å². The third kappa shape index (κ3) is 29.1. The Hall–Kier alpha value is -14.3. The number of nitrogens with zero attached hydrogens (tertiary/aromatic N) is 6. The number of aliphatic hydroxyl groups excluding tert-OH is 1. The number of amides is 17. The molecule has 9 rings (SSSR count). The van der Waals surface area contributed by atoms with E-state index in [4.69, 9.17) is 22.6 Å². The van der Waals surface area contributed by atoms with Crippen LogP contribution in [-0.2, 0) is 107 Å². The van der Waals surface area contributed by atoms with Gasteiger partial charge in [0.25, 0.3) is 0 Å². The second-order valence-corrected chi connectivity index (χ2v) is 34.8. The number of phenolic OH excluding ortho intramolecular Hbond substituents is 1. The molecule has 43 heteroatoms. The highest BCUT2D eigenvalue weighted by atomic mass is 16.3. The first-order valence-electron chi connectivity index (χ1n) is 45.6. The van der Waals surface area contributed by atoms with Gasteiger partial charge in [0.2, 0.25) is 100 Å². The summed E-state index contributed by atoms with van der Waals surface area (Å²) in [7, 11) is 3.91. The molecule has 3 aliphatic rings. The fraction of sp³-hybridized carbons (Fsp3) is 0.511.